The van der Waals surface area contributed by atoms with E-state index in [0.717, 1.165) is 17.9 Å². The second kappa shape index (κ2) is 6.58. The van der Waals surface area contributed by atoms with Gasteiger partial charge in [0, 0.05) is 5.69 Å². The van der Waals surface area contributed by atoms with Gasteiger partial charge in [0.25, 0.3) is 0 Å². The predicted molar refractivity (Wildman–Crippen MR) is 79.1 cm³/mol. The topological polar surface area (TPSA) is 57.9 Å². The van der Waals surface area contributed by atoms with E-state index in [9.17, 15) is 0 Å². The molecular weight excluding hydrogens is 250 g/mol. The Bertz CT molecular complexity index is 602. The number of hydrogen-bond acceptors (Lipinski definition) is 4. The third-order valence-electron chi connectivity index (χ3n) is 2.90. The van der Waals surface area contributed by atoms with E-state index in [1.807, 2.05) is 43.3 Å². The maximum atomic E-state index is 8.81. The third kappa shape index (κ3) is 3.72. The molecule has 1 aromatic heterocycles. The molecule has 0 aliphatic carbocycles. The molecule has 1 heterocycles. The van der Waals surface area contributed by atoms with E-state index in [-0.39, 0.29) is 6.10 Å². The van der Waals surface area contributed by atoms with Gasteiger partial charge in [-0.1, -0.05) is 13.0 Å². The molecule has 1 N–H and O–H groups in total. The largest absolute Gasteiger partial charge is 0.491 e. The van der Waals surface area contributed by atoms with Crippen molar-refractivity contribution in [1.29, 1.82) is 5.26 Å². The van der Waals surface area contributed by atoms with Gasteiger partial charge < -0.3 is 10.1 Å². The molecule has 1 atom stereocenters. The SMILES string of the molecule is CCC(C)Oc1ccc(Nc2cccc(C#N)n2)cc1. The van der Waals surface area contributed by atoms with Crippen LogP contribution in [0.1, 0.15) is 26.0 Å². The zero-order valence-corrected chi connectivity index (χ0v) is 11.6. The lowest BCUT2D eigenvalue weighted by Gasteiger charge is -2.13. The zero-order valence-electron chi connectivity index (χ0n) is 11.6. The van der Waals surface area contributed by atoms with Crippen LogP contribution in [0.25, 0.3) is 0 Å². The number of aromatic nitrogens is 1. The van der Waals surface area contributed by atoms with Crippen LogP contribution in [-0.2, 0) is 0 Å². The highest BCUT2D eigenvalue weighted by molar-refractivity contribution is 5.57. The van der Waals surface area contributed by atoms with Crippen LogP contribution in [-0.4, -0.2) is 11.1 Å². The van der Waals surface area contributed by atoms with E-state index in [2.05, 4.69) is 17.2 Å². The van der Waals surface area contributed by atoms with Crippen molar-refractivity contribution in [3.8, 4) is 11.8 Å². The quantitative estimate of drug-likeness (QED) is 0.893. The van der Waals surface area contributed by atoms with Gasteiger partial charge in [0.1, 0.15) is 23.3 Å². The molecule has 0 amide bonds. The summed E-state index contributed by atoms with van der Waals surface area (Å²) in [5.74, 6) is 1.50. The first-order valence-corrected chi connectivity index (χ1v) is 6.62. The normalized spacial score (nSPS) is 11.4. The first kappa shape index (κ1) is 13.9. The molecule has 2 aromatic rings. The lowest BCUT2D eigenvalue weighted by molar-refractivity contribution is 0.217. The molecule has 1 unspecified atom stereocenters. The molecule has 0 aliphatic heterocycles. The number of anilines is 2. The second-order valence-corrected chi connectivity index (χ2v) is 4.51. The van der Waals surface area contributed by atoms with Crippen molar-refractivity contribution in [2.24, 2.45) is 0 Å². The fourth-order valence-corrected chi connectivity index (χ4v) is 1.65. The summed E-state index contributed by atoms with van der Waals surface area (Å²) in [5.41, 5.74) is 1.30. The summed E-state index contributed by atoms with van der Waals surface area (Å²) in [6.07, 6.45) is 1.19. The van der Waals surface area contributed by atoms with E-state index < -0.39 is 0 Å². The van der Waals surface area contributed by atoms with Gasteiger partial charge in [-0.3, -0.25) is 0 Å². The number of nitriles is 1. The molecule has 0 saturated heterocycles. The van der Waals surface area contributed by atoms with Crippen molar-refractivity contribution < 1.29 is 4.74 Å². The molecule has 0 fully saturated rings. The molecule has 102 valence electrons. The average molecular weight is 267 g/mol. The maximum absolute atomic E-state index is 8.81. The standard InChI is InChI=1S/C16H17N3O/c1-3-12(2)20-15-9-7-13(8-10-15)18-16-6-4-5-14(11-17)19-16/h4-10,12H,3H2,1-2H3,(H,18,19). The lowest BCUT2D eigenvalue weighted by atomic mass is 10.2. The van der Waals surface area contributed by atoms with Crippen LogP contribution in [0.15, 0.2) is 42.5 Å². The van der Waals surface area contributed by atoms with Gasteiger partial charge >= 0.3 is 0 Å². The van der Waals surface area contributed by atoms with Crippen molar-refractivity contribution in [3.05, 3.63) is 48.2 Å². The predicted octanol–water partition coefficient (Wildman–Crippen LogP) is 3.87. The third-order valence-corrected chi connectivity index (χ3v) is 2.90. The van der Waals surface area contributed by atoms with Crippen LogP contribution in [0, 0.1) is 11.3 Å². The van der Waals surface area contributed by atoms with Crippen molar-refractivity contribution >= 4 is 11.5 Å². The van der Waals surface area contributed by atoms with Gasteiger partial charge in [-0.15, -0.1) is 0 Å². The van der Waals surface area contributed by atoms with E-state index in [1.165, 1.54) is 0 Å². The minimum atomic E-state index is 0.211. The van der Waals surface area contributed by atoms with Gasteiger partial charge in [-0.05, 0) is 49.7 Å². The molecule has 0 aliphatic rings. The number of rotatable bonds is 5. The Balaban J connectivity index is 2.05. The van der Waals surface area contributed by atoms with Crippen LogP contribution in [0.2, 0.25) is 0 Å². The van der Waals surface area contributed by atoms with Crippen molar-refractivity contribution in [2.45, 2.75) is 26.4 Å². The highest BCUT2D eigenvalue weighted by atomic mass is 16.5. The smallest absolute Gasteiger partial charge is 0.142 e. The summed E-state index contributed by atoms with van der Waals surface area (Å²) in [6.45, 7) is 4.14. The molecule has 4 nitrogen and oxygen atoms in total. The summed E-state index contributed by atoms with van der Waals surface area (Å²) in [5, 5.41) is 12.0. The molecule has 20 heavy (non-hydrogen) atoms. The lowest BCUT2D eigenvalue weighted by Crippen LogP contribution is -2.09. The van der Waals surface area contributed by atoms with Gasteiger partial charge in [0.2, 0.25) is 0 Å². The Morgan fingerprint density at radius 3 is 2.65 bits per heavy atom. The molecule has 2 rings (SSSR count). The van der Waals surface area contributed by atoms with Crippen LogP contribution in [0.4, 0.5) is 11.5 Å². The number of nitrogens with one attached hydrogen (secondary N) is 1. The van der Waals surface area contributed by atoms with Gasteiger partial charge in [-0.2, -0.15) is 5.26 Å². The van der Waals surface area contributed by atoms with Gasteiger partial charge in [0.15, 0.2) is 0 Å². The molecule has 4 heteroatoms. The van der Waals surface area contributed by atoms with Crippen molar-refractivity contribution in [1.82, 2.24) is 4.98 Å². The number of pyridine rings is 1. The average Bonchev–Trinajstić information content (AvgIpc) is 2.49. The minimum Gasteiger partial charge on any atom is -0.491 e. The van der Waals surface area contributed by atoms with Gasteiger partial charge in [0.05, 0.1) is 6.10 Å². The van der Waals surface area contributed by atoms with E-state index >= 15 is 0 Å². The van der Waals surface area contributed by atoms with Crippen LogP contribution in [0.5, 0.6) is 5.75 Å². The second-order valence-electron chi connectivity index (χ2n) is 4.51. The Morgan fingerprint density at radius 2 is 2.00 bits per heavy atom. The van der Waals surface area contributed by atoms with E-state index in [1.54, 1.807) is 12.1 Å². The summed E-state index contributed by atoms with van der Waals surface area (Å²) < 4.78 is 5.72. The fraction of sp³-hybridized carbons (Fsp3) is 0.250. The Kier molecular flexibility index (Phi) is 4.56. The molecule has 0 spiro atoms. The highest BCUT2D eigenvalue weighted by Gasteiger charge is 2.02. The monoisotopic (exact) mass is 267 g/mol. The van der Waals surface area contributed by atoms with Crippen molar-refractivity contribution in [2.75, 3.05) is 5.32 Å². The minimum absolute atomic E-state index is 0.211. The maximum Gasteiger partial charge on any atom is 0.142 e. The number of ether oxygens (including phenoxy) is 1. The molecule has 1 aromatic carbocycles. The summed E-state index contributed by atoms with van der Waals surface area (Å²) in [7, 11) is 0. The summed E-state index contributed by atoms with van der Waals surface area (Å²) >= 11 is 0. The molecule has 0 radical (unpaired) electrons. The Morgan fingerprint density at radius 1 is 1.25 bits per heavy atom. The first-order valence-electron chi connectivity index (χ1n) is 6.62. The van der Waals surface area contributed by atoms with Gasteiger partial charge in [-0.25, -0.2) is 4.98 Å². The number of benzene rings is 1. The Hall–Kier alpha value is -2.54. The van der Waals surface area contributed by atoms with Crippen molar-refractivity contribution in [3.63, 3.8) is 0 Å². The molecule has 0 bridgehead atoms. The van der Waals surface area contributed by atoms with Crippen LogP contribution in [0.3, 0.4) is 0 Å². The van der Waals surface area contributed by atoms with E-state index in [0.29, 0.717) is 11.5 Å². The molecule has 0 saturated carbocycles. The van der Waals surface area contributed by atoms with Crippen LogP contribution < -0.4 is 10.1 Å². The summed E-state index contributed by atoms with van der Waals surface area (Å²) in [4.78, 5) is 4.17. The number of nitrogens with zero attached hydrogens (tertiary/aromatic N) is 2. The summed E-state index contributed by atoms with van der Waals surface area (Å²) in [6, 6.07) is 15.0. The molecular formula is C16H17N3O. The van der Waals surface area contributed by atoms with Crippen LogP contribution >= 0.6 is 0 Å². The highest BCUT2D eigenvalue weighted by Crippen LogP contribution is 2.20. The fourth-order valence-electron chi connectivity index (χ4n) is 1.65. The zero-order chi connectivity index (χ0) is 14.4. The Labute approximate surface area is 119 Å². The number of hydrogen-bond donors (Lipinski definition) is 1. The first-order chi connectivity index (χ1) is 9.71. The van der Waals surface area contributed by atoms with E-state index in [4.69, 9.17) is 10.00 Å².